The fraction of sp³-hybridized carbons (Fsp3) is 0.231. The van der Waals surface area contributed by atoms with Crippen LogP contribution in [0.5, 0.6) is 0 Å². The summed E-state index contributed by atoms with van der Waals surface area (Å²) in [5.74, 6) is 0. The Bertz CT molecular complexity index is 429. The van der Waals surface area contributed by atoms with Gasteiger partial charge in [0.15, 0.2) is 0 Å². The molecule has 0 unspecified atom stereocenters. The van der Waals surface area contributed by atoms with Crippen molar-refractivity contribution in [1.29, 1.82) is 0 Å². The van der Waals surface area contributed by atoms with E-state index in [-0.39, 0.29) is 0 Å². The first-order chi connectivity index (χ1) is 6.93. The van der Waals surface area contributed by atoms with Crippen LogP contribution in [0, 0.1) is 0 Å². The first-order valence-electron chi connectivity index (χ1n) is 5.02. The monoisotopic (exact) mass is 184 g/mol. The van der Waals surface area contributed by atoms with Crippen LogP contribution >= 0.6 is 0 Å². The molecule has 1 aliphatic heterocycles. The molecule has 0 atom stereocenters. The van der Waals surface area contributed by atoms with Gasteiger partial charge in [0.2, 0.25) is 0 Å². The lowest BCUT2D eigenvalue weighted by molar-refractivity contribution is 0.111. The topological polar surface area (TPSA) is 9.23 Å². The molecule has 0 aliphatic carbocycles. The molecule has 2 aromatic rings. The lowest BCUT2D eigenvalue weighted by Gasteiger charge is -2.17. The molecule has 0 spiro atoms. The Hall–Kier alpha value is -1.34. The van der Waals surface area contributed by atoms with E-state index < -0.39 is 0 Å². The van der Waals surface area contributed by atoms with Crippen LogP contribution in [0.2, 0.25) is 0 Å². The Kier molecular flexibility index (Phi) is 1.78. The molecule has 1 heterocycles. The minimum Gasteiger partial charge on any atom is -0.376 e. The SMILES string of the molecule is c1ccc2cc3c(cc2c1)CCOC3. The van der Waals surface area contributed by atoms with Crippen molar-refractivity contribution >= 4 is 10.8 Å². The maximum atomic E-state index is 5.44. The van der Waals surface area contributed by atoms with Crippen LogP contribution in [0.1, 0.15) is 11.1 Å². The molecule has 1 heteroatoms. The lowest BCUT2D eigenvalue weighted by atomic mass is 9.98. The third-order valence-electron chi connectivity index (χ3n) is 2.84. The first-order valence-corrected chi connectivity index (χ1v) is 5.02. The molecule has 3 rings (SSSR count). The van der Waals surface area contributed by atoms with Crippen molar-refractivity contribution in [1.82, 2.24) is 0 Å². The van der Waals surface area contributed by atoms with E-state index in [1.165, 1.54) is 21.9 Å². The molecule has 2 aromatic carbocycles. The average molecular weight is 184 g/mol. The summed E-state index contributed by atoms with van der Waals surface area (Å²) in [4.78, 5) is 0. The number of hydrogen-bond acceptors (Lipinski definition) is 1. The standard InChI is InChI=1S/C13H12O/c1-2-4-11-8-13-9-14-6-5-12(13)7-10(11)3-1/h1-4,7-8H,5-6,9H2. The fourth-order valence-corrected chi connectivity index (χ4v) is 2.07. The highest BCUT2D eigenvalue weighted by molar-refractivity contribution is 5.84. The van der Waals surface area contributed by atoms with E-state index in [4.69, 9.17) is 4.74 Å². The zero-order valence-corrected chi connectivity index (χ0v) is 7.99. The number of benzene rings is 2. The molecule has 14 heavy (non-hydrogen) atoms. The molecular formula is C13H12O. The van der Waals surface area contributed by atoms with Gasteiger partial charge in [-0.3, -0.25) is 0 Å². The fourth-order valence-electron chi connectivity index (χ4n) is 2.07. The number of hydrogen-bond donors (Lipinski definition) is 0. The lowest BCUT2D eigenvalue weighted by Crippen LogP contribution is -2.09. The first kappa shape index (κ1) is 8.01. The van der Waals surface area contributed by atoms with Gasteiger partial charge in [-0.2, -0.15) is 0 Å². The second-order valence-electron chi connectivity index (χ2n) is 3.77. The van der Waals surface area contributed by atoms with E-state index in [2.05, 4.69) is 36.4 Å². The van der Waals surface area contributed by atoms with Crippen molar-refractivity contribution in [3.63, 3.8) is 0 Å². The molecule has 0 N–H and O–H groups in total. The zero-order valence-electron chi connectivity index (χ0n) is 7.99. The Morgan fingerprint density at radius 1 is 0.929 bits per heavy atom. The van der Waals surface area contributed by atoms with Crippen LogP contribution in [0.25, 0.3) is 10.8 Å². The van der Waals surface area contributed by atoms with E-state index in [0.717, 1.165) is 19.6 Å². The third-order valence-corrected chi connectivity index (χ3v) is 2.84. The van der Waals surface area contributed by atoms with Gasteiger partial charge in [-0.15, -0.1) is 0 Å². The van der Waals surface area contributed by atoms with Crippen molar-refractivity contribution in [2.45, 2.75) is 13.0 Å². The highest BCUT2D eigenvalue weighted by Crippen LogP contribution is 2.23. The quantitative estimate of drug-likeness (QED) is 0.611. The van der Waals surface area contributed by atoms with Gasteiger partial charge in [-0.05, 0) is 34.4 Å². The third kappa shape index (κ3) is 1.21. The molecule has 70 valence electrons. The highest BCUT2D eigenvalue weighted by Gasteiger charge is 2.09. The second-order valence-corrected chi connectivity index (χ2v) is 3.77. The van der Waals surface area contributed by atoms with E-state index in [1.807, 2.05) is 0 Å². The molecule has 0 saturated carbocycles. The van der Waals surface area contributed by atoms with Gasteiger partial charge in [-0.1, -0.05) is 30.3 Å². The molecule has 0 amide bonds. The maximum absolute atomic E-state index is 5.44. The van der Waals surface area contributed by atoms with Gasteiger partial charge in [0.1, 0.15) is 0 Å². The summed E-state index contributed by atoms with van der Waals surface area (Å²) in [6.07, 6.45) is 1.06. The Balaban J connectivity index is 2.27. The number of rotatable bonds is 0. The van der Waals surface area contributed by atoms with Crippen LogP contribution in [-0.2, 0) is 17.8 Å². The number of ether oxygens (including phenoxy) is 1. The van der Waals surface area contributed by atoms with Crippen molar-refractivity contribution in [2.24, 2.45) is 0 Å². The van der Waals surface area contributed by atoms with Crippen LogP contribution in [0.15, 0.2) is 36.4 Å². The molecular weight excluding hydrogens is 172 g/mol. The molecule has 0 aromatic heterocycles. The molecule has 0 bridgehead atoms. The Morgan fingerprint density at radius 3 is 2.43 bits per heavy atom. The van der Waals surface area contributed by atoms with Crippen molar-refractivity contribution in [3.8, 4) is 0 Å². The highest BCUT2D eigenvalue weighted by atomic mass is 16.5. The molecule has 1 aliphatic rings. The van der Waals surface area contributed by atoms with Gasteiger partial charge in [0.25, 0.3) is 0 Å². The summed E-state index contributed by atoms with van der Waals surface area (Å²) in [5, 5.41) is 2.66. The summed E-state index contributed by atoms with van der Waals surface area (Å²) in [7, 11) is 0. The molecule has 0 saturated heterocycles. The minimum atomic E-state index is 0.778. The molecule has 1 nitrogen and oxygen atoms in total. The van der Waals surface area contributed by atoms with Gasteiger partial charge in [0, 0.05) is 0 Å². The van der Waals surface area contributed by atoms with Gasteiger partial charge >= 0.3 is 0 Å². The summed E-state index contributed by atoms with van der Waals surface area (Å²) in [6.45, 7) is 1.64. The Labute approximate surface area is 83.3 Å². The summed E-state index contributed by atoms with van der Waals surface area (Å²) in [6, 6.07) is 13.1. The molecule has 0 fully saturated rings. The predicted octanol–water partition coefficient (Wildman–Crippen LogP) is 2.91. The number of fused-ring (bicyclic) bond motifs is 2. The summed E-state index contributed by atoms with van der Waals surface area (Å²) < 4.78 is 5.44. The van der Waals surface area contributed by atoms with Crippen LogP contribution < -0.4 is 0 Å². The predicted molar refractivity (Wildman–Crippen MR) is 57.3 cm³/mol. The Morgan fingerprint density at radius 2 is 1.64 bits per heavy atom. The van der Waals surface area contributed by atoms with Crippen molar-refractivity contribution in [2.75, 3.05) is 6.61 Å². The smallest absolute Gasteiger partial charge is 0.0719 e. The van der Waals surface area contributed by atoms with E-state index in [0.29, 0.717) is 0 Å². The van der Waals surface area contributed by atoms with Crippen molar-refractivity contribution < 1.29 is 4.74 Å². The average Bonchev–Trinajstić information content (AvgIpc) is 2.26. The van der Waals surface area contributed by atoms with Crippen molar-refractivity contribution in [3.05, 3.63) is 47.5 Å². The van der Waals surface area contributed by atoms with E-state index in [9.17, 15) is 0 Å². The summed E-state index contributed by atoms with van der Waals surface area (Å²) >= 11 is 0. The van der Waals surface area contributed by atoms with Gasteiger partial charge < -0.3 is 4.74 Å². The van der Waals surface area contributed by atoms with E-state index in [1.54, 1.807) is 0 Å². The van der Waals surface area contributed by atoms with E-state index >= 15 is 0 Å². The molecule has 0 radical (unpaired) electrons. The van der Waals surface area contributed by atoms with Crippen LogP contribution in [0.3, 0.4) is 0 Å². The summed E-state index contributed by atoms with van der Waals surface area (Å²) in [5.41, 5.74) is 2.81. The van der Waals surface area contributed by atoms with Gasteiger partial charge in [-0.25, -0.2) is 0 Å². The largest absolute Gasteiger partial charge is 0.376 e. The van der Waals surface area contributed by atoms with Gasteiger partial charge in [0.05, 0.1) is 13.2 Å². The second kappa shape index (κ2) is 3.10. The minimum absolute atomic E-state index is 0.778. The maximum Gasteiger partial charge on any atom is 0.0719 e. The zero-order chi connectivity index (χ0) is 9.38. The van der Waals surface area contributed by atoms with Crippen LogP contribution in [-0.4, -0.2) is 6.61 Å². The normalized spacial score (nSPS) is 15.4. The van der Waals surface area contributed by atoms with Crippen LogP contribution in [0.4, 0.5) is 0 Å².